The van der Waals surface area contributed by atoms with Gasteiger partial charge in [-0.25, -0.2) is 4.98 Å². The van der Waals surface area contributed by atoms with Crippen molar-refractivity contribution >= 4 is 11.6 Å². The van der Waals surface area contributed by atoms with Crippen LogP contribution in [0, 0.1) is 0 Å². The van der Waals surface area contributed by atoms with Gasteiger partial charge in [-0.1, -0.05) is 13.3 Å². The van der Waals surface area contributed by atoms with Crippen molar-refractivity contribution in [2.24, 2.45) is 0 Å². The average Bonchev–Trinajstić information content (AvgIpc) is 2.47. The molecule has 0 spiro atoms. The third-order valence-corrected chi connectivity index (χ3v) is 1.91. The normalized spacial score (nSPS) is 10.4. The summed E-state index contributed by atoms with van der Waals surface area (Å²) in [5, 5.41) is 0. The summed E-state index contributed by atoms with van der Waals surface area (Å²) in [6.45, 7) is 3.22. The highest BCUT2D eigenvalue weighted by atomic mass is 35.5. The minimum Gasteiger partial charge on any atom is -0.334 e. The highest BCUT2D eigenvalue weighted by Gasteiger charge is 1.98. The van der Waals surface area contributed by atoms with Crippen LogP contribution in [0.5, 0.6) is 0 Å². The molecule has 62 valence electrons. The van der Waals surface area contributed by atoms with Crippen molar-refractivity contribution in [2.75, 3.05) is 0 Å². The topological polar surface area (TPSA) is 17.8 Å². The Labute approximate surface area is 72.2 Å². The third-order valence-electron chi connectivity index (χ3n) is 1.67. The number of imidazole rings is 1. The molecule has 1 rings (SSSR count). The molecule has 0 atom stereocenters. The summed E-state index contributed by atoms with van der Waals surface area (Å²) in [6.07, 6.45) is 6.18. The summed E-state index contributed by atoms with van der Waals surface area (Å²) in [5.41, 5.74) is 0. The van der Waals surface area contributed by atoms with Gasteiger partial charge in [-0.15, -0.1) is 11.6 Å². The Hall–Kier alpha value is -0.500. The number of rotatable bonds is 4. The molecular formula is C8H13ClN2. The van der Waals surface area contributed by atoms with E-state index >= 15 is 0 Å². The van der Waals surface area contributed by atoms with E-state index in [1.165, 1.54) is 12.8 Å². The zero-order chi connectivity index (χ0) is 8.10. The molecule has 0 aliphatic rings. The van der Waals surface area contributed by atoms with Gasteiger partial charge >= 0.3 is 0 Å². The van der Waals surface area contributed by atoms with Crippen molar-refractivity contribution in [3.63, 3.8) is 0 Å². The lowest BCUT2D eigenvalue weighted by Gasteiger charge is -2.02. The maximum Gasteiger partial charge on any atom is 0.123 e. The first-order chi connectivity index (χ1) is 5.38. The Morgan fingerprint density at radius 3 is 3.09 bits per heavy atom. The van der Waals surface area contributed by atoms with Crippen LogP contribution in [0.1, 0.15) is 25.6 Å². The van der Waals surface area contributed by atoms with E-state index in [9.17, 15) is 0 Å². The number of unbranched alkanes of at least 4 members (excludes halogenated alkanes) is 1. The van der Waals surface area contributed by atoms with Crippen LogP contribution in [0.2, 0.25) is 0 Å². The van der Waals surface area contributed by atoms with Crippen LogP contribution in [0.25, 0.3) is 0 Å². The van der Waals surface area contributed by atoms with Crippen LogP contribution in [0.3, 0.4) is 0 Å². The van der Waals surface area contributed by atoms with E-state index in [0.717, 1.165) is 12.4 Å². The van der Waals surface area contributed by atoms with Gasteiger partial charge in [0.05, 0.1) is 5.88 Å². The molecule has 0 radical (unpaired) electrons. The number of alkyl halides is 1. The predicted octanol–water partition coefficient (Wildman–Crippen LogP) is 2.42. The van der Waals surface area contributed by atoms with Gasteiger partial charge in [-0.05, 0) is 6.42 Å². The van der Waals surface area contributed by atoms with Crippen molar-refractivity contribution in [2.45, 2.75) is 32.2 Å². The Morgan fingerprint density at radius 1 is 1.64 bits per heavy atom. The van der Waals surface area contributed by atoms with E-state index in [1.807, 2.05) is 6.20 Å². The van der Waals surface area contributed by atoms with E-state index in [0.29, 0.717) is 5.88 Å². The van der Waals surface area contributed by atoms with E-state index in [4.69, 9.17) is 11.6 Å². The molecule has 0 aliphatic carbocycles. The number of aromatic nitrogens is 2. The molecule has 0 N–H and O–H groups in total. The summed E-state index contributed by atoms with van der Waals surface area (Å²) in [4.78, 5) is 4.12. The number of aryl methyl sites for hydroxylation is 1. The molecule has 1 aromatic rings. The van der Waals surface area contributed by atoms with Gasteiger partial charge in [-0.2, -0.15) is 0 Å². The second-order valence-electron chi connectivity index (χ2n) is 2.52. The molecule has 0 bridgehead atoms. The van der Waals surface area contributed by atoms with Crippen molar-refractivity contribution in [1.82, 2.24) is 9.55 Å². The van der Waals surface area contributed by atoms with E-state index in [-0.39, 0.29) is 0 Å². The quantitative estimate of drug-likeness (QED) is 0.638. The molecule has 2 nitrogen and oxygen atoms in total. The highest BCUT2D eigenvalue weighted by Crippen LogP contribution is 2.03. The minimum atomic E-state index is 0.511. The second-order valence-corrected chi connectivity index (χ2v) is 2.79. The molecule has 0 saturated carbocycles. The number of nitrogens with zero attached hydrogens (tertiary/aromatic N) is 2. The number of hydrogen-bond donors (Lipinski definition) is 0. The summed E-state index contributed by atoms with van der Waals surface area (Å²) < 4.78 is 2.11. The first kappa shape index (κ1) is 8.60. The smallest absolute Gasteiger partial charge is 0.123 e. The zero-order valence-corrected chi connectivity index (χ0v) is 7.51. The molecular weight excluding hydrogens is 160 g/mol. The highest BCUT2D eigenvalue weighted by molar-refractivity contribution is 6.16. The number of hydrogen-bond acceptors (Lipinski definition) is 1. The molecule has 3 heteroatoms. The molecule has 0 fully saturated rings. The fraction of sp³-hybridized carbons (Fsp3) is 0.625. The van der Waals surface area contributed by atoms with Crippen molar-refractivity contribution in [3.05, 3.63) is 18.2 Å². The monoisotopic (exact) mass is 172 g/mol. The van der Waals surface area contributed by atoms with Crippen LogP contribution in [0.15, 0.2) is 12.4 Å². The van der Waals surface area contributed by atoms with Crippen LogP contribution < -0.4 is 0 Å². The SMILES string of the molecule is CCCCn1ccnc1CCl. The third kappa shape index (κ3) is 2.22. The van der Waals surface area contributed by atoms with Gasteiger partial charge in [0.15, 0.2) is 0 Å². The Balaban J connectivity index is 2.54. The Bertz CT molecular complexity index is 208. The van der Waals surface area contributed by atoms with Crippen LogP contribution in [-0.2, 0) is 12.4 Å². The fourth-order valence-corrected chi connectivity index (χ4v) is 1.23. The predicted molar refractivity (Wildman–Crippen MR) is 46.7 cm³/mol. The molecule has 0 saturated heterocycles. The average molecular weight is 173 g/mol. The molecule has 0 aliphatic heterocycles. The van der Waals surface area contributed by atoms with Gasteiger partial charge in [0.25, 0.3) is 0 Å². The standard InChI is InChI=1S/C8H13ClN2/c1-2-3-5-11-6-4-10-8(11)7-9/h4,6H,2-3,5,7H2,1H3. The summed E-state index contributed by atoms with van der Waals surface area (Å²) in [7, 11) is 0. The largest absolute Gasteiger partial charge is 0.334 e. The van der Waals surface area contributed by atoms with Crippen molar-refractivity contribution < 1.29 is 0 Å². The van der Waals surface area contributed by atoms with Crippen molar-refractivity contribution in [1.29, 1.82) is 0 Å². The molecule has 1 aromatic heterocycles. The van der Waals surface area contributed by atoms with E-state index in [1.54, 1.807) is 6.20 Å². The van der Waals surface area contributed by atoms with Crippen LogP contribution >= 0.6 is 11.6 Å². The molecule has 11 heavy (non-hydrogen) atoms. The first-order valence-corrected chi connectivity index (χ1v) is 4.48. The van der Waals surface area contributed by atoms with Crippen LogP contribution in [0.4, 0.5) is 0 Å². The molecule has 0 unspecified atom stereocenters. The summed E-state index contributed by atoms with van der Waals surface area (Å²) in [5.74, 6) is 1.48. The lowest BCUT2D eigenvalue weighted by atomic mass is 10.3. The maximum absolute atomic E-state index is 5.67. The van der Waals surface area contributed by atoms with Gasteiger partial charge in [0.2, 0.25) is 0 Å². The molecule has 0 amide bonds. The lowest BCUT2D eigenvalue weighted by molar-refractivity contribution is 0.614. The van der Waals surface area contributed by atoms with Gasteiger partial charge in [0.1, 0.15) is 5.82 Å². The zero-order valence-electron chi connectivity index (χ0n) is 6.76. The minimum absolute atomic E-state index is 0.511. The van der Waals surface area contributed by atoms with Gasteiger partial charge < -0.3 is 4.57 Å². The number of halogens is 1. The Kier molecular flexibility index (Phi) is 3.43. The maximum atomic E-state index is 5.67. The molecule has 0 aromatic carbocycles. The van der Waals surface area contributed by atoms with Gasteiger partial charge in [-0.3, -0.25) is 0 Å². The first-order valence-electron chi connectivity index (χ1n) is 3.94. The fourth-order valence-electron chi connectivity index (χ4n) is 1.00. The van der Waals surface area contributed by atoms with E-state index < -0.39 is 0 Å². The van der Waals surface area contributed by atoms with Gasteiger partial charge in [0, 0.05) is 18.9 Å². The molecule has 1 heterocycles. The second kappa shape index (κ2) is 4.39. The summed E-state index contributed by atoms with van der Waals surface area (Å²) >= 11 is 5.67. The lowest BCUT2D eigenvalue weighted by Crippen LogP contribution is -2.00. The van der Waals surface area contributed by atoms with Crippen molar-refractivity contribution in [3.8, 4) is 0 Å². The van der Waals surface area contributed by atoms with Crippen LogP contribution in [-0.4, -0.2) is 9.55 Å². The Morgan fingerprint density at radius 2 is 2.45 bits per heavy atom. The summed E-state index contributed by atoms with van der Waals surface area (Å²) in [6, 6.07) is 0. The van der Waals surface area contributed by atoms with E-state index in [2.05, 4.69) is 16.5 Å².